The Morgan fingerprint density at radius 3 is 2.41 bits per heavy atom. The first-order valence-corrected chi connectivity index (χ1v) is 7.74. The number of anilines is 1. The molecule has 22 heavy (non-hydrogen) atoms. The molecule has 0 spiro atoms. The highest BCUT2D eigenvalue weighted by molar-refractivity contribution is 6.42. The van der Waals surface area contributed by atoms with E-state index in [4.69, 9.17) is 27.9 Å². The highest BCUT2D eigenvalue weighted by Crippen LogP contribution is 2.37. The van der Waals surface area contributed by atoms with Crippen LogP contribution in [0, 0.1) is 13.8 Å². The van der Waals surface area contributed by atoms with Gasteiger partial charge in [0.05, 0.1) is 22.3 Å². The fourth-order valence-corrected chi connectivity index (χ4v) is 2.83. The quantitative estimate of drug-likeness (QED) is 0.751. The smallest absolute Gasteiger partial charge is 0.414 e. The van der Waals surface area contributed by atoms with E-state index in [9.17, 15) is 4.79 Å². The van der Waals surface area contributed by atoms with Crippen molar-refractivity contribution in [1.82, 2.24) is 0 Å². The van der Waals surface area contributed by atoms with Gasteiger partial charge in [-0.25, -0.2) is 4.79 Å². The van der Waals surface area contributed by atoms with E-state index < -0.39 is 0 Å². The van der Waals surface area contributed by atoms with Crippen molar-refractivity contribution >= 4 is 35.0 Å². The van der Waals surface area contributed by atoms with Crippen LogP contribution >= 0.6 is 23.2 Å². The van der Waals surface area contributed by atoms with Gasteiger partial charge in [0.1, 0.15) is 6.61 Å². The zero-order valence-corrected chi connectivity index (χ0v) is 13.8. The third-order valence-electron chi connectivity index (χ3n) is 3.89. The van der Waals surface area contributed by atoms with Crippen LogP contribution in [0.15, 0.2) is 30.3 Å². The van der Waals surface area contributed by atoms with E-state index in [1.54, 1.807) is 11.0 Å². The summed E-state index contributed by atoms with van der Waals surface area (Å²) in [6, 6.07) is 9.57. The summed E-state index contributed by atoms with van der Waals surface area (Å²) in [7, 11) is 0. The lowest BCUT2D eigenvalue weighted by atomic mass is 9.97. The molecule has 0 unspecified atom stereocenters. The van der Waals surface area contributed by atoms with E-state index in [0.717, 1.165) is 27.9 Å². The van der Waals surface area contributed by atoms with Crippen molar-refractivity contribution in [2.24, 2.45) is 0 Å². The zero-order valence-electron chi connectivity index (χ0n) is 12.3. The molecular formula is C17H15Cl2NO2. The Hall–Kier alpha value is -1.71. The Kier molecular flexibility index (Phi) is 4.02. The van der Waals surface area contributed by atoms with Crippen molar-refractivity contribution < 1.29 is 9.53 Å². The lowest BCUT2D eigenvalue weighted by molar-refractivity contribution is 0.181. The molecule has 2 aromatic rings. The Balaban J connectivity index is 2.18. The van der Waals surface area contributed by atoms with Crippen LogP contribution in [0.4, 0.5) is 10.5 Å². The predicted octanol–water partition coefficient (Wildman–Crippen LogP) is 5.23. The fraction of sp³-hybridized carbons (Fsp3) is 0.235. The standard InChI is InChI=1S/C17H15Cl2NO2/c1-10-7-13(12-3-4-14(18)15(19)9-12)16(8-11(10)2)20-5-6-22-17(20)21/h3-4,7-9H,5-6H2,1-2H3. The summed E-state index contributed by atoms with van der Waals surface area (Å²) in [5.74, 6) is 0. The Bertz CT molecular complexity index is 759. The highest BCUT2D eigenvalue weighted by Gasteiger charge is 2.26. The van der Waals surface area contributed by atoms with Crippen LogP contribution in [0.25, 0.3) is 11.1 Å². The number of cyclic esters (lactones) is 1. The second-order valence-corrected chi connectivity index (χ2v) is 6.16. The number of ether oxygens (including phenoxy) is 1. The van der Waals surface area contributed by atoms with E-state index in [1.807, 2.05) is 32.0 Å². The van der Waals surface area contributed by atoms with Gasteiger partial charge in [-0.2, -0.15) is 0 Å². The lowest BCUT2D eigenvalue weighted by Gasteiger charge is -2.20. The van der Waals surface area contributed by atoms with Gasteiger partial charge < -0.3 is 4.74 Å². The Labute approximate surface area is 139 Å². The molecule has 0 saturated carbocycles. The van der Waals surface area contributed by atoms with E-state index in [2.05, 4.69) is 6.07 Å². The number of aryl methyl sites for hydroxylation is 2. The number of hydrogen-bond donors (Lipinski definition) is 0. The number of rotatable bonds is 2. The molecule has 0 aromatic heterocycles. The van der Waals surface area contributed by atoms with Gasteiger partial charge in [-0.3, -0.25) is 4.90 Å². The van der Waals surface area contributed by atoms with Crippen LogP contribution < -0.4 is 4.90 Å². The first-order valence-electron chi connectivity index (χ1n) is 6.98. The molecule has 1 aliphatic heterocycles. The van der Waals surface area contributed by atoms with Gasteiger partial charge in [0, 0.05) is 5.56 Å². The normalized spacial score (nSPS) is 14.4. The van der Waals surface area contributed by atoms with Crippen LogP contribution in [0.3, 0.4) is 0 Å². The number of carbonyl (C=O) groups excluding carboxylic acids is 1. The maximum Gasteiger partial charge on any atom is 0.414 e. The monoisotopic (exact) mass is 335 g/mol. The first kappa shape index (κ1) is 15.2. The third-order valence-corrected chi connectivity index (χ3v) is 4.63. The number of hydrogen-bond acceptors (Lipinski definition) is 2. The van der Waals surface area contributed by atoms with Crippen molar-refractivity contribution in [3.63, 3.8) is 0 Å². The molecule has 0 N–H and O–H groups in total. The van der Waals surface area contributed by atoms with Crippen LogP contribution in [-0.2, 0) is 4.74 Å². The highest BCUT2D eigenvalue weighted by atomic mass is 35.5. The molecule has 0 aliphatic carbocycles. The van der Waals surface area contributed by atoms with Gasteiger partial charge in [0.25, 0.3) is 0 Å². The van der Waals surface area contributed by atoms with Gasteiger partial charge in [0.15, 0.2) is 0 Å². The minimum absolute atomic E-state index is 0.315. The second-order valence-electron chi connectivity index (χ2n) is 5.35. The van der Waals surface area contributed by atoms with Crippen molar-refractivity contribution in [3.05, 3.63) is 51.5 Å². The maximum atomic E-state index is 11.9. The summed E-state index contributed by atoms with van der Waals surface area (Å²) >= 11 is 12.1. The van der Waals surface area contributed by atoms with Crippen molar-refractivity contribution in [3.8, 4) is 11.1 Å². The van der Waals surface area contributed by atoms with E-state index >= 15 is 0 Å². The number of benzene rings is 2. The van der Waals surface area contributed by atoms with Crippen LogP contribution in [-0.4, -0.2) is 19.2 Å². The number of halogens is 2. The number of nitrogens with zero attached hydrogens (tertiary/aromatic N) is 1. The Morgan fingerprint density at radius 1 is 1.05 bits per heavy atom. The van der Waals surface area contributed by atoms with E-state index in [0.29, 0.717) is 23.2 Å². The molecule has 1 fully saturated rings. The molecule has 3 nitrogen and oxygen atoms in total. The third kappa shape index (κ3) is 2.67. The zero-order chi connectivity index (χ0) is 15.9. The summed E-state index contributed by atoms with van der Waals surface area (Å²) in [5, 5.41) is 1.00. The largest absolute Gasteiger partial charge is 0.447 e. The van der Waals surface area contributed by atoms with Crippen molar-refractivity contribution in [1.29, 1.82) is 0 Å². The molecule has 114 valence electrons. The number of amides is 1. The lowest BCUT2D eigenvalue weighted by Crippen LogP contribution is -2.24. The Morgan fingerprint density at radius 2 is 1.77 bits per heavy atom. The van der Waals surface area contributed by atoms with Crippen molar-refractivity contribution in [2.75, 3.05) is 18.1 Å². The molecule has 1 amide bonds. The molecule has 0 bridgehead atoms. The fourth-order valence-electron chi connectivity index (χ4n) is 2.53. The van der Waals surface area contributed by atoms with Gasteiger partial charge in [-0.15, -0.1) is 0 Å². The molecule has 0 atom stereocenters. The summed E-state index contributed by atoms with van der Waals surface area (Å²) in [4.78, 5) is 13.6. The SMILES string of the molecule is Cc1cc(-c2ccc(Cl)c(Cl)c2)c(N2CCOC2=O)cc1C. The summed E-state index contributed by atoms with van der Waals surface area (Å²) in [5.41, 5.74) is 4.98. The molecule has 1 aliphatic rings. The summed E-state index contributed by atoms with van der Waals surface area (Å²) in [6.45, 7) is 5.03. The van der Waals surface area contributed by atoms with Gasteiger partial charge in [-0.1, -0.05) is 29.3 Å². The topological polar surface area (TPSA) is 29.5 Å². The molecule has 0 radical (unpaired) electrons. The van der Waals surface area contributed by atoms with E-state index in [1.165, 1.54) is 0 Å². The van der Waals surface area contributed by atoms with Gasteiger partial charge in [-0.05, 0) is 54.8 Å². The molecule has 5 heteroatoms. The van der Waals surface area contributed by atoms with E-state index in [-0.39, 0.29) is 6.09 Å². The number of carbonyl (C=O) groups is 1. The molecular weight excluding hydrogens is 321 g/mol. The van der Waals surface area contributed by atoms with Crippen molar-refractivity contribution in [2.45, 2.75) is 13.8 Å². The summed E-state index contributed by atoms with van der Waals surface area (Å²) < 4.78 is 5.06. The van der Waals surface area contributed by atoms with Gasteiger partial charge in [0.2, 0.25) is 0 Å². The van der Waals surface area contributed by atoms with Crippen LogP contribution in [0.2, 0.25) is 10.0 Å². The first-order chi connectivity index (χ1) is 10.5. The van der Waals surface area contributed by atoms with Crippen LogP contribution in [0.5, 0.6) is 0 Å². The molecule has 3 rings (SSSR count). The summed E-state index contributed by atoms with van der Waals surface area (Å²) in [6.07, 6.45) is -0.315. The van der Waals surface area contributed by atoms with Gasteiger partial charge >= 0.3 is 6.09 Å². The molecule has 2 aromatic carbocycles. The average molecular weight is 336 g/mol. The second kappa shape index (κ2) is 5.82. The average Bonchev–Trinajstić information content (AvgIpc) is 2.90. The minimum atomic E-state index is -0.315. The minimum Gasteiger partial charge on any atom is -0.447 e. The predicted molar refractivity (Wildman–Crippen MR) is 90.1 cm³/mol. The maximum absolute atomic E-state index is 11.9. The molecule has 1 heterocycles. The molecule has 1 saturated heterocycles. The van der Waals surface area contributed by atoms with Crippen LogP contribution in [0.1, 0.15) is 11.1 Å².